The van der Waals surface area contributed by atoms with E-state index in [1.807, 2.05) is 57.3 Å². The molecule has 3 aromatic rings. The highest BCUT2D eigenvalue weighted by Crippen LogP contribution is 2.30. The lowest BCUT2D eigenvalue weighted by Gasteiger charge is -2.27. The number of methoxy groups -OCH3 is 2. The Morgan fingerprint density at radius 3 is 2.34 bits per heavy atom. The molecule has 38 heavy (non-hydrogen) atoms. The molecule has 0 aliphatic heterocycles. The molecule has 10 heteroatoms. The van der Waals surface area contributed by atoms with Gasteiger partial charge in [-0.25, -0.2) is 4.99 Å². The van der Waals surface area contributed by atoms with Crippen molar-refractivity contribution >= 4 is 17.8 Å². The Balaban J connectivity index is 1.82. The van der Waals surface area contributed by atoms with Gasteiger partial charge in [-0.05, 0) is 35.2 Å². The molecule has 0 saturated carbocycles. The van der Waals surface area contributed by atoms with Crippen molar-refractivity contribution in [1.82, 2.24) is 20.4 Å². The highest BCUT2D eigenvalue weighted by atomic mass is 16.5. The molecule has 1 heterocycles. The first-order valence-electron chi connectivity index (χ1n) is 12.4. The SMILES string of the molecule is COc1ccc(CC(=O)NC(N)=NC(C(=O)NCc2ccccc2)C(c2ccnn2C)C(C)C)cc1OC. The Morgan fingerprint density at radius 2 is 1.74 bits per heavy atom. The van der Waals surface area contributed by atoms with Crippen LogP contribution in [0.1, 0.15) is 36.6 Å². The maximum absolute atomic E-state index is 13.5. The number of aliphatic imine (C=N–C) groups is 1. The van der Waals surface area contributed by atoms with Crippen LogP contribution in [-0.2, 0) is 29.6 Å². The largest absolute Gasteiger partial charge is 0.493 e. The van der Waals surface area contributed by atoms with Crippen molar-refractivity contribution in [2.75, 3.05) is 14.2 Å². The minimum Gasteiger partial charge on any atom is -0.493 e. The van der Waals surface area contributed by atoms with Crippen LogP contribution in [0.4, 0.5) is 0 Å². The highest BCUT2D eigenvalue weighted by molar-refractivity contribution is 5.98. The van der Waals surface area contributed by atoms with Crippen molar-refractivity contribution in [3.05, 3.63) is 77.6 Å². The predicted molar refractivity (Wildman–Crippen MR) is 146 cm³/mol. The van der Waals surface area contributed by atoms with E-state index in [9.17, 15) is 9.59 Å². The summed E-state index contributed by atoms with van der Waals surface area (Å²) in [5, 5.41) is 9.86. The van der Waals surface area contributed by atoms with E-state index in [2.05, 4.69) is 20.7 Å². The summed E-state index contributed by atoms with van der Waals surface area (Å²) >= 11 is 0. The number of nitrogens with one attached hydrogen (secondary N) is 2. The fourth-order valence-corrected chi connectivity index (χ4v) is 4.32. The predicted octanol–water partition coefficient (Wildman–Crippen LogP) is 2.54. The minimum atomic E-state index is -0.893. The lowest BCUT2D eigenvalue weighted by molar-refractivity contribution is -0.123. The second-order valence-electron chi connectivity index (χ2n) is 9.23. The molecule has 1 aromatic heterocycles. The van der Waals surface area contributed by atoms with Crippen LogP contribution < -0.4 is 25.8 Å². The number of ether oxygens (including phenoxy) is 2. The molecule has 2 atom stereocenters. The molecule has 0 aliphatic carbocycles. The van der Waals surface area contributed by atoms with Gasteiger partial charge >= 0.3 is 0 Å². The summed E-state index contributed by atoms with van der Waals surface area (Å²) in [5.41, 5.74) is 8.69. The number of rotatable bonds is 11. The zero-order chi connectivity index (χ0) is 27.7. The maximum Gasteiger partial charge on any atom is 0.245 e. The van der Waals surface area contributed by atoms with Gasteiger partial charge < -0.3 is 20.5 Å². The molecule has 202 valence electrons. The van der Waals surface area contributed by atoms with Crippen LogP contribution in [0.15, 0.2) is 65.8 Å². The molecule has 2 amide bonds. The molecule has 0 spiro atoms. The average molecular weight is 521 g/mol. The topological polar surface area (TPSA) is 133 Å². The third kappa shape index (κ3) is 7.34. The van der Waals surface area contributed by atoms with Gasteiger partial charge in [-0.1, -0.05) is 50.2 Å². The van der Waals surface area contributed by atoms with Crippen molar-refractivity contribution in [3.63, 3.8) is 0 Å². The second kappa shape index (κ2) is 13.3. The van der Waals surface area contributed by atoms with E-state index >= 15 is 0 Å². The molecular formula is C28H36N6O4. The molecule has 4 N–H and O–H groups in total. The minimum absolute atomic E-state index is 0.0249. The third-order valence-electron chi connectivity index (χ3n) is 6.20. The molecular weight excluding hydrogens is 484 g/mol. The van der Waals surface area contributed by atoms with E-state index in [0.717, 1.165) is 11.3 Å². The van der Waals surface area contributed by atoms with Gasteiger partial charge in [-0.3, -0.25) is 19.6 Å². The van der Waals surface area contributed by atoms with Gasteiger partial charge in [0, 0.05) is 31.4 Å². The fraction of sp³-hybridized carbons (Fsp3) is 0.357. The molecule has 10 nitrogen and oxygen atoms in total. The Hall–Kier alpha value is -4.34. The molecule has 0 aliphatic rings. The zero-order valence-electron chi connectivity index (χ0n) is 22.5. The number of aromatic nitrogens is 2. The van der Waals surface area contributed by atoms with Gasteiger partial charge in [0.1, 0.15) is 6.04 Å². The van der Waals surface area contributed by atoms with Crippen molar-refractivity contribution in [3.8, 4) is 11.5 Å². The van der Waals surface area contributed by atoms with Crippen LogP contribution in [-0.4, -0.2) is 47.8 Å². The Labute approximate surface area is 223 Å². The van der Waals surface area contributed by atoms with Crippen LogP contribution in [0, 0.1) is 5.92 Å². The van der Waals surface area contributed by atoms with Crippen molar-refractivity contribution in [2.24, 2.45) is 23.7 Å². The lowest BCUT2D eigenvalue weighted by Crippen LogP contribution is -2.44. The molecule has 0 radical (unpaired) electrons. The molecule has 3 rings (SSSR count). The zero-order valence-corrected chi connectivity index (χ0v) is 22.5. The van der Waals surface area contributed by atoms with Crippen LogP contribution in [0.5, 0.6) is 11.5 Å². The molecule has 0 bridgehead atoms. The highest BCUT2D eigenvalue weighted by Gasteiger charge is 2.34. The number of hydrogen-bond acceptors (Lipinski definition) is 6. The summed E-state index contributed by atoms with van der Waals surface area (Å²) in [5.74, 6) is -0.0310. The van der Waals surface area contributed by atoms with Crippen molar-refractivity contribution in [2.45, 2.75) is 38.8 Å². The van der Waals surface area contributed by atoms with E-state index in [-0.39, 0.29) is 36.0 Å². The normalized spacial score (nSPS) is 13.1. The summed E-state index contributed by atoms with van der Waals surface area (Å²) in [7, 11) is 4.90. The quantitative estimate of drug-likeness (QED) is 0.263. The summed E-state index contributed by atoms with van der Waals surface area (Å²) in [6.45, 7) is 4.36. The van der Waals surface area contributed by atoms with Crippen LogP contribution in [0.25, 0.3) is 0 Å². The number of carbonyl (C=O) groups is 2. The molecule has 2 aromatic carbocycles. The van der Waals surface area contributed by atoms with Gasteiger partial charge in [-0.2, -0.15) is 5.10 Å². The first-order chi connectivity index (χ1) is 18.2. The lowest BCUT2D eigenvalue weighted by atomic mass is 9.85. The van der Waals surface area contributed by atoms with Crippen LogP contribution >= 0.6 is 0 Å². The molecule has 0 saturated heterocycles. The van der Waals surface area contributed by atoms with Gasteiger partial charge in [0.25, 0.3) is 0 Å². The fourth-order valence-electron chi connectivity index (χ4n) is 4.32. The average Bonchev–Trinajstić information content (AvgIpc) is 3.32. The molecule has 2 unspecified atom stereocenters. The third-order valence-corrected chi connectivity index (χ3v) is 6.20. The van der Waals surface area contributed by atoms with Gasteiger partial charge in [0.15, 0.2) is 17.5 Å². The maximum atomic E-state index is 13.5. The summed E-state index contributed by atoms with van der Waals surface area (Å²) in [4.78, 5) is 30.8. The van der Waals surface area contributed by atoms with E-state index in [1.165, 1.54) is 7.11 Å². The van der Waals surface area contributed by atoms with E-state index < -0.39 is 6.04 Å². The van der Waals surface area contributed by atoms with E-state index in [0.29, 0.717) is 23.6 Å². The number of carbonyl (C=O) groups excluding carboxylic acids is 2. The standard InChI is InChI=1S/C28H36N6O4/c1-18(2)25(21-13-14-31-34(21)3)26(27(36)30-17-19-9-7-6-8-10-19)33-28(29)32-24(35)16-20-11-12-22(37-4)23(15-20)38-5/h6-15,18,25-26H,16-17H2,1-5H3,(H,30,36)(H3,29,32,33,35). The number of amides is 2. The summed E-state index contributed by atoms with van der Waals surface area (Å²) in [6, 6.07) is 15.8. The smallest absolute Gasteiger partial charge is 0.245 e. The van der Waals surface area contributed by atoms with E-state index in [1.54, 1.807) is 36.2 Å². The van der Waals surface area contributed by atoms with E-state index in [4.69, 9.17) is 15.2 Å². The van der Waals surface area contributed by atoms with Crippen LogP contribution in [0.3, 0.4) is 0 Å². The number of aryl methyl sites for hydroxylation is 1. The first kappa shape index (κ1) is 28.2. The summed E-state index contributed by atoms with van der Waals surface area (Å²) < 4.78 is 12.3. The Kier molecular flexibility index (Phi) is 9.86. The van der Waals surface area contributed by atoms with Gasteiger partial charge in [0.05, 0.1) is 20.6 Å². The van der Waals surface area contributed by atoms with Gasteiger partial charge in [-0.15, -0.1) is 0 Å². The summed E-state index contributed by atoms with van der Waals surface area (Å²) in [6.07, 6.45) is 1.72. The second-order valence-corrected chi connectivity index (χ2v) is 9.23. The molecule has 0 fully saturated rings. The number of nitrogens with zero attached hydrogens (tertiary/aromatic N) is 3. The Morgan fingerprint density at radius 1 is 1.03 bits per heavy atom. The number of nitrogens with two attached hydrogens (primary N) is 1. The van der Waals surface area contributed by atoms with Crippen LogP contribution in [0.2, 0.25) is 0 Å². The monoisotopic (exact) mass is 520 g/mol. The number of benzene rings is 2. The number of guanidine groups is 1. The first-order valence-corrected chi connectivity index (χ1v) is 12.4. The van der Waals surface area contributed by atoms with Crippen molar-refractivity contribution in [1.29, 1.82) is 0 Å². The Bertz CT molecular complexity index is 1260. The van der Waals surface area contributed by atoms with Crippen molar-refractivity contribution < 1.29 is 19.1 Å². The number of hydrogen-bond donors (Lipinski definition) is 3. The van der Waals surface area contributed by atoms with Gasteiger partial charge in [0.2, 0.25) is 11.8 Å².